The molecule has 1 heterocycles. The van der Waals surface area contributed by atoms with E-state index >= 15 is 0 Å². The summed E-state index contributed by atoms with van der Waals surface area (Å²) in [6, 6.07) is 9.16. The van der Waals surface area contributed by atoms with E-state index in [2.05, 4.69) is 15.1 Å². The molecule has 0 spiro atoms. The Kier molecular flexibility index (Phi) is 7.05. The van der Waals surface area contributed by atoms with Gasteiger partial charge in [-0.25, -0.2) is 4.39 Å². The van der Waals surface area contributed by atoms with Crippen LogP contribution in [0.3, 0.4) is 0 Å². The summed E-state index contributed by atoms with van der Waals surface area (Å²) in [6.07, 6.45) is 5.47. The number of benzene rings is 1. The molecule has 0 bridgehead atoms. The molecule has 0 radical (unpaired) electrons. The molecule has 1 aromatic carbocycles. The Bertz CT molecular complexity index is 658. The Hall–Kier alpha value is -2.13. The highest BCUT2D eigenvalue weighted by molar-refractivity contribution is 5.78. The molecule has 1 saturated carbocycles. The molecular weight excluding hydrogens is 343 g/mol. The van der Waals surface area contributed by atoms with Crippen molar-refractivity contribution in [1.82, 2.24) is 10.2 Å². The summed E-state index contributed by atoms with van der Waals surface area (Å²) in [5.41, 5.74) is 0.717. The minimum atomic E-state index is -0.145. The van der Waals surface area contributed by atoms with E-state index in [4.69, 9.17) is 5.26 Å². The molecule has 0 atom stereocenters. The first-order chi connectivity index (χ1) is 13.2. The van der Waals surface area contributed by atoms with Gasteiger partial charge in [0.25, 0.3) is 0 Å². The minimum absolute atomic E-state index is 0.0429. The van der Waals surface area contributed by atoms with Crippen LogP contribution >= 0.6 is 0 Å². The van der Waals surface area contributed by atoms with Crippen LogP contribution in [-0.4, -0.2) is 49.6 Å². The zero-order valence-electron chi connectivity index (χ0n) is 15.9. The van der Waals surface area contributed by atoms with E-state index in [9.17, 15) is 9.18 Å². The van der Waals surface area contributed by atoms with Gasteiger partial charge in [0.2, 0.25) is 5.91 Å². The zero-order chi connectivity index (χ0) is 19.1. The van der Waals surface area contributed by atoms with Gasteiger partial charge in [0, 0.05) is 32.2 Å². The summed E-state index contributed by atoms with van der Waals surface area (Å²) < 4.78 is 13.9. The first-order valence-corrected chi connectivity index (χ1v) is 10.0. The van der Waals surface area contributed by atoms with Crippen LogP contribution < -0.4 is 10.2 Å². The number of hydrogen-bond donors (Lipinski definition) is 1. The molecule has 6 heteroatoms. The summed E-state index contributed by atoms with van der Waals surface area (Å²) in [7, 11) is 0. The summed E-state index contributed by atoms with van der Waals surface area (Å²) in [5, 5.41) is 11.5. The Balaban J connectivity index is 1.34. The molecule has 0 unspecified atom stereocenters. The fourth-order valence-corrected chi connectivity index (χ4v) is 4.23. The molecular formula is C21H29FN4O. The standard InChI is InChI=1S/C21H29FN4O/c22-19-3-1-2-4-20(19)26-15-13-25(14-16-26)12-10-17-5-7-18(8-6-17)24-21(27)9-11-23/h1-4,17-18H,5-10,12-16H2,(H,24,27). The molecule has 0 aromatic heterocycles. The number of anilines is 1. The summed E-state index contributed by atoms with van der Waals surface area (Å²) in [4.78, 5) is 16.1. The molecule has 27 heavy (non-hydrogen) atoms. The quantitative estimate of drug-likeness (QED) is 0.834. The van der Waals surface area contributed by atoms with Crippen LogP contribution in [0, 0.1) is 23.1 Å². The van der Waals surface area contributed by atoms with Gasteiger partial charge in [0.05, 0.1) is 11.8 Å². The molecule has 1 aliphatic heterocycles. The maximum absolute atomic E-state index is 13.9. The van der Waals surface area contributed by atoms with Gasteiger partial charge < -0.3 is 10.2 Å². The van der Waals surface area contributed by atoms with Crippen LogP contribution in [0.2, 0.25) is 0 Å². The number of nitriles is 1. The first kappa shape index (κ1) is 19.6. The third-order valence-electron chi connectivity index (χ3n) is 5.87. The average molecular weight is 372 g/mol. The number of piperazine rings is 1. The second kappa shape index (κ2) is 9.70. The number of nitrogens with one attached hydrogen (secondary N) is 1. The number of hydrogen-bond acceptors (Lipinski definition) is 4. The van der Waals surface area contributed by atoms with Crippen molar-refractivity contribution in [1.29, 1.82) is 5.26 Å². The van der Waals surface area contributed by atoms with Crippen molar-refractivity contribution in [3.05, 3.63) is 30.1 Å². The van der Waals surface area contributed by atoms with E-state index in [1.807, 2.05) is 18.2 Å². The third kappa shape index (κ3) is 5.67. The number of carbonyl (C=O) groups is 1. The topological polar surface area (TPSA) is 59.4 Å². The van der Waals surface area contributed by atoms with Crippen molar-refractivity contribution in [2.75, 3.05) is 37.6 Å². The van der Waals surface area contributed by atoms with E-state index in [1.165, 1.54) is 12.5 Å². The number of amides is 1. The van der Waals surface area contributed by atoms with E-state index in [0.717, 1.165) is 64.3 Å². The van der Waals surface area contributed by atoms with Gasteiger partial charge in [-0.1, -0.05) is 12.1 Å². The molecule has 1 amide bonds. The predicted molar refractivity (Wildman–Crippen MR) is 104 cm³/mol. The monoisotopic (exact) mass is 372 g/mol. The maximum atomic E-state index is 13.9. The number of halogens is 1. The number of carbonyl (C=O) groups excluding carboxylic acids is 1. The van der Waals surface area contributed by atoms with Crippen molar-refractivity contribution in [3.8, 4) is 6.07 Å². The third-order valence-corrected chi connectivity index (χ3v) is 5.87. The van der Waals surface area contributed by atoms with Crippen molar-refractivity contribution >= 4 is 11.6 Å². The first-order valence-electron chi connectivity index (χ1n) is 10.0. The minimum Gasteiger partial charge on any atom is -0.367 e. The Labute approximate surface area is 161 Å². The molecule has 2 aliphatic rings. The second-order valence-electron chi connectivity index (χ2n) is 7.69. The van der Waals surface area contributed by atoms with E-state index in [1.54, 1.807) is 6.07 Å². The van der Waals surface area contributed by atoms with E-state index in [-0.39, 0.29) is 24.2 Å². The number of nitrogens with zero attached hydrogens (tertiary/aromatic N) is 3. The zero-order valence-corrected chi connectivity index (χ0v) is 15.9. The molecule has 5 nitrogen and oxygen atoms in total. The number of para-hydroxylation sites is 1. The van der Waals surface area contributed by atoms with Crippen LogP contribution in [0.4, 0.5) is 10.1 Å². The van der Waals surface area contributed by atoms with Crippen molar-refractivity contribution in [3.63, 3.8) is 0 Å². The van der Waals surface area contributed by atoms with Crippen LogP contribution in [-0.2, 0) is 4.79 Å². The predicted octanol–water partition coefficient (Wildman–Crippen LogP) is 2.93. The summed E-state index contributed by atoms with van der Waals surface area (Å²) >= 11 is 0. The molecule has 1 saturated heterocycles. The lowest BCUT2D eigenvalue weighted by Crippen LogP contribution is -2.47. The SMILES string of the molecule is N#CCC(=O)NC1CCC(CCN2CCN(c3ccccc3F)CC2)CC1. The second-order valence-corrected chi connectivity index (χ2v) is 7.69. The molecule has 146 valence electrons. The van der Waals surface area contributed by atoms with Gasteiger partial charge in [0.1, 0.15) is 12.2 Å². The lowest BCUT2D eigenvalue weighted by Gasteiger charge is -2.37. The van der Waals surface area contributed by atoms with Crippen molar-refractivity contribution in [2.45, 2.75) is 44.6 Å². The van der Waals surface area contributed by atoms with Gasteiger partial charge in [-0.3, -0.25) is 9.69 Å². The molecule has 1 N–H and O–H groups in total. The van der Waals surface area contributed by atoms with E-state index < -0.39 is 0 Å². The Morgan fingerprint density at radius 1 is 1.15 bits per heavy atom. The fraction of sp³-hybridized carbons (Fsp3) is 0.619. The molecule has 3 rings (SSSR count). The largest absolute Gasteiger partial charge is 0.367 e. The summed E-state index contributed by atoms with van der Waals surface area (Å²) in [5.74, 6) is 0.442. The Morgan fingerprint density at radius 2 is 1.85 bits per heavy atom. The summed E-state index contributed by atoms with van der Waals surface area (Å²) in [6.45, 7) is 4.81. The average Bonchev–Trinajstić information content (AvgIpc) is 2.68. The van der Waals surface area contributed by atoms with Crippen LogP contribution in [0.1, 0.15) is 38.5 Å². The van der Waals surface area contributed by atoms with Crippen molar-refractivity contribution in [2.24, 2.45) is 5.92 Å². The molecule has 1 aromatic rings. The number of rotatable bonds is 6. The van der Waals surface area contributed by atoms with Gasteiger partial charge >= 0.3 is 0 Å². The van der Waals surface area contributed by atoms with Crippen LogP contribution in [0.5, 0.6) is 0 Å². The highest BCUT2D eigenvalue weighted by atomic mass is 19.1. The van der Waals surface area contributed by atoms with Crippen LogP contribution in [0.15, 0.2) is 24.3 Å². The van der Waals surface area contributed by atoms with Crippen molar-refractivity contribution < 1.29 is 9.18 Å². The van der Waals surface area contributed by atoms with Gasteiger partial charge in [-0.05, 0) is 56.7 Å². The molecule has 1 aliphatic carbocycles. The van der Waals surface area contributed by atoms with Gasteiger partial charge in [-0.15, -0.1) is 0 Å². The lowest BCUT2D eigenvalue weighted by molar-refractivity contribution is -0.121. The highest BCUT2D eigenvalue weighted by Crippen LogP contribution is 2.27. The highest BCUT2D eigenvalue weighted by Gasteiger charge is 2.24. The molecule has 2 fully saturated rings. The van der Waals surface area contributed by atoms with Crippen LogP contribution in [0.25, 0.3) is 0 Å². The fourth-order valence-electron chi connectivity index (χ4n) is 4.23. The van der Waals surface area contributed by atoms with E-state index in [0.29, 0.717) is 5.69 Å². The smallest absolute Gasteiger partial charge is 0.234 e. The van der Waals surface area contributed by atoms with Gasteiger partial charge in [-0.2, -0.15) is 5.26 Å². The normalized spacial score (nSPS) is 23.6. The Morgan fingerprint density at radius 3 is 2.52 bits per heavy atom. The van der Waals surface area contributed by atoms with Gasteiger partial charge in [0.15, 0.2) is 0 Å². The maximum Gasteiger partial charge on any atom is 0.234 e. The lowest BCUT2D eigenvalue weighted by atomic mass is 9.84.